The topological polar surface area (TPSA) is 78.2 Å². The van der Waals surface area contributed by atoms with Gasteiger partial charge in [0.25, 0.3) is 0 Å². The number of rotatable bonds is 6. The van der Waals surface area contributed by atoms with E-state index in [4.69, 9.17) is 10.4 Å². The molecule has 0 saturated carbocycles. The first-order chi connectivity index (χ1) is 8.85. The summed E-state index contributed by atoms with van der Waals surface area (Å²) < 4.78 is 12.0. The predicted molar refractivity (Wildman–Crippen MR) is 73.3 cm³/mol. The lowest BCUT2D eigenvalue weighted by Gasteiger charge is -2.14. The molecule has 19 heavy (non-hydrogen) atoms. The number of carboxylic acids is 1. The zero-order valence-electron chi connectivity index (χ0n) is 11.0. The molecular weight excluding hydrogens is 262 g/mol. The predicted octanol–water partition coefficient (Wildman–Crippen LogP) is 2.82. The summed E-state index contributed by atoms with van der Waals surface area (Å²) in [5, 5.41) is 17.6. The Bertz CT molecular complexity index is 514. The Morgan fingerprint density at radius 2 is 1.95 bits per heavy atom. The largest absolute Gasteiger partial charge is 0.478 e. The first-order valence-electron chi connectivity index (χ1n) is 5.99. The van der Waals surface area contributed by atoms with Gasteiger partial charge in [-0.05, 0) is 51.0 Å². The van der Waals surface area contributed by atoms with E-state index in [0.29, 0.717) is 23.5 Å². The minimum atomic E-state index is -1.14. The maximum Gasteiger partial charge on any atom is 0.335 e. The first kappa shape index (κ1) is 15.4. The highest BCUT2D eigenvalue weighted by atomic mass is 32.2. The summed E-state index contributed by atoms with van der Waals surface area (Å²) in [6.45, 7) is 3.72. The third-order valence-corrected chi connectivity index (χ3v) is 4.26. The minimum absolute atomic E-state index is 0.186. The molecule has 1 unspecified atom stereocenters. The number of benzene rings is 1. The quantitative estimate of drug-likeness (QED) is 0.868. The van der Waals surface area contributed by atoms with Gasteiger partial charge in [0.2, 0.25) is 0 Å². The number of hydrogen-bond donors (Lipinski definition) is 1. The van der Waals surface area contributed by atoms with Crippen LogP contribution in [-0.4, -0.2) is 21.0 Å². The second-order valence-corrected chi connectivity index (χ2v) is 6.55. The molecule has 1 rings (SSSR count). The van der Waals surface area contributed by atoms with Crippen LogP contribution in [0.2, 0.25) is 0 Å². The molecule has 0 saturated heterocycles. The molecule has 0 fully saturated rings. The van der Waals surface area contributed by atoms with E-state index in [9.17, 15) is 9.00 Å². The van der Waals surface area contributed by atoms with Crippen molar-refractivity contribution in [3.05, 3.63) is 29.8 Å². The van der Waals surface area contributed by atoms with Gasteiger partial charge in [0.1, 0.15) is 0 Å². The molecule has 5 heteroatoms. The van der Waals surface area contributed by atoms with Gasteiger partial charge in [0.15, 0.2) is 0 Å². The maximum absolute atomic E-state index is 12.0. The van der Waals surface area contributed by atoms with Gasteiger partial charge in [-0.15, -0.1) is 0 Å². The summed E-state index contributed by atoms with van der Waals surface area (Å²) in [5.41, 5.74) is -0.205. The summed E-state index contributed by atoms with van der Waals surface area (Å²) in [6.07, 6.45) is 1.40. The van der Waals surface area contributed by atoms with Gasteiger partial charge in [-0.1, -0.05) is 0 Å². The Balaban J connectivity index is 2.55. The summed E-state index contributed by atoms with van der Waals surface area (Å²) in [7, 11) is -1.14. The molecule has 0 spiro atoms. The SMILES string of the molecule is CC(C)(C#N)CCCS(=O)c1ccc(C(=O)O)cc1. The van der Waals surface area contributed by atoms with E-state index < -0.39 is 22.2 Å². The van der Waals surface area contributed by atoms with Crippen LogP contribution < -0.4 is 0 Å². The van der Waals surface area contributed by atoms with Crippen molar-refractivity contribution in [2.75, 3.05) is 5.75 Å². The number of carbonyl (C=O) groups is 1. The molecule has 0 aliphatic rings. The fourth-order valence-corrected chi connectivity index (χ4v) is 2.65. The highest BCUT2D eigenvalue weighted by Gasteiger charge is 2.16. The van der Waals surface area contributed by atoms with Crippen LogP contribution in [0.5, 0.6) is 0 Å². The second kappa shape index (κ2) is 6.48. The molecule has 1 atom stereocenters. The minimum Gasteiger partial charge on any atom is -0.478 e. The third kappa shape index (κ3) is 4.84. The Morgan fingerprint density at radius 3 is 2.42 bits per heavy atom. The summed E-state index contributed by atoms with van der Waals surface area (Å²) >= 11 is 0. The molecule has 1 aromatic rings. The molecule has 0 aliphatic carbocycles. The van der Waals surface area contributed by atoms with E-state index >= 15 is 0 Å². The van der Waals surface area contributed by atoms with Crippen molar-refractivity contribution in [3.63, 3.8) is 0 Å². The summed E-state index contributed by atoms with van der Waals surface area (Å²) in [4.78, 5) is 11.3. The van der Waals surface area contributed by atoms with E-state index in [-0.39, 0.29) is 5.56 Å². The van der Waals surface area contributed by atoms with Crippen LogP contribution in [0.4, 0.5) is 0 Å². The first-order valence-corrected chi connectivity index (χ1v) is 7.30. The van der Waals surface area contributed by atoms with Crippen molar-refractivity contribution in [2.45, 2.75) is 31.6 Å². The number of aromatic carboxylic acids is 1. The molecule has 4 nitrogen and oxygen atoms in total. The van der Waals surface area contributed by atoms with Gasteiger partial charge < -0.3 is 5.11 Å². The summed E-state index contributed by atoms with van der Waals surface area (Å²) in [6, 6.07) is 8.27. The van der Waals surface area contributed by atoms with Crippen molar-refractivity contribution in [1.29, 1.82) is 5.26 Å². The third-order valence-electron chi connectivity index (χ3n) is 2.80. The van der Waals surface area contributed by atoms with Crippen LogP contribution >= 0.6 is 0 Å². The van der Waals surface area contributed by atoms with Crippen LogP contribution in [0.25, 0.3) is 0 Å². The fourth-order valence-electron chi connectivity index (χ4n) is 1.57. The van der Waals surface area contributed by atoms with Crippen LogP contribution in [0.3, 0.4) is 0 Å². The average Bonchev–Trinajstić information content (AvgIpc) is 2.38. The highest BCUT2D eigenvalue weighted by Crippen LogP contribution is 2.21. The van der Waals surface area contributed by atoms with Crippen LogP contribution in [0.15, 0.2) is 29.2 Å². The molecule has 0 amide bonds. The molecular formula is C14H17NO3S. The Morgan fingerprint density at radius 1 is 1.37 bits per heavy atom. The molecule has 0 bridgehead atoms. The number of nitriles is 1. The van der Waals surface area contributed by atoms with Gasteiger partial charge in [-0.25, -0.2) is 4.79 Å². The van der Waals surface area contributed by atoms with Crippen molar-refractivity contribution in [2.24, 2.45) is 5.41 Å². The normalized spacial score (nSPS) is 12.7. The van der Waals surface area contributed by atoms with E-state index in [0.717, 1.165) is 0 Å². The van der Waals surface area contributed by atoms with E-state index in [1.807, 2.05) is 13.8 Å². The monoisotopic (exact) mass is 279 g/mol. The number of carboxylic acid groups (broad SMARTS) is 1. The van der Waals surface area contributed by atoms with Crippen LogP contribution in [0, 0.1) is 16.7 Å². The van der Waals surface area contributed by atoms with E-state index in [1.54, 1.807) is 12.1 Å². The Hall–Kier alpha value is -1.67. The van der Waals surface area contributed by atoms with Gasteiger partial charge in [-0.3, -0.25) is 4.21 Å². The molecule has 1 aromatic carbocycles. The molecule has 1 N–H and O–H groups in total. The molecule has 102 valence electrons. The lowest BCUT2D eigenvalue weighted by Crippen LogP contribution is -2.10. The van der Waals surface area contributed by atoms with Gasteiger partial charge in [-0.2, -0.15) is 5.26 Å². The zero-order chi connectivity index (χ0) is 14.5. The lowest BCUT2D eigenvalue weighted by atomic mass is 9.90. The van der Waals surface area contributed by atoms with Gasteiger partial charge >= 0.3 is 5.97 Å². The molecule has 0 aliphatic heterocycles. The summed E-state index contributed by atoms with van der Waals surface area (Å²) in [5.74, 6) is -0.509. The Kier molecular flexibility index (Phi) is 5.25. The number of nitrogens with zero attached hydrogens (tertiary/aromatic N) is 1. The molecule has 0 aromatic heterocycles. The smallest absolute Gasteiger partial charge is 0.335 e. The number of hydrogen-bond acceptors (Lipinski definition) is 3. The Labute approximate surface area is 115 Å². The van der Waals surface area contributed by atoms with E-state index in [2.05, 4.69) is 6.07 Å². The van der Waals surface area contributed by atoms with Gasteiger partial charge in [0, 0.05) is 10.6 Å². The average molecular weight is 279 g/mol. The van der Waals surface area contributed by atoms with E-state index in [1.165, 1.54) is 12.1 Å². The highest BCUT2D eigenvalue weighted by molar-refractivity contribution is 7.85. The van der Waals surface area contributed by atoms with Crippen molar-refractivity contribution >= 4 is 16.8 Å². The van der Waals surface area contributed by atoms with Crippen molar-refractivity contribution in [1.82, 2.24) is 0 Å². The fraction of sp³-hybridized carbons (Fsp3) is 0.429. The maximum atomic E-state index is 12.0. The molecule has 0 heterocycles. The standard InChI is InChI=1S/C14H17NO3S/c1-14(2,10-15)8-3-9-19(18)12-6-4-11(5-7-12)13(16)17/h4-7H,3,8-9H2,1-2H3,(H,16,17). The van der Waals surface area contributed by atoms with Crippen molar-refractivity contribution < 1.29 is 14.1 Å². The second-order valence-electron chi connectivity index (χ2n) is 4.98. The molecule has 0 radical (unpaired) electrons. The lowest BCUT2D eigenvalue weighted by molar-refractivity contribution is 0.0697. The van der Waals surface area contributed by atoms with Gasteiger partial charge in [0.05, 0.1) is 27.8 Å². The van der Waals surface area contributed by atoms with Crippen LogP contribution in [0.1, 0.15) is 37.0 Å². The van der Waals surface area contributed by atoms with Crippen molar-refractivity contribution in [3.8, 4) is 6.07 Å². The zero-order valence-corrected chi connectivity index (χ0v) is 11.9. The van der Waals surface area contributed by atoms with Crippen LogP contribution in [-0.2, 0) is 10.8 Å².